The van der Waals surface area contributed by atoms with Gasteiger partial charge in [0.2, 0.25) is 5.91 Å². The molecule has 2 aromatic carbocycles. The number of carbonyl (C=O) groups excluding carboxylic acids is 2. The zero-order valence-electron chi connectivity index (χ0n) is 22.5. The van der Waals surface area contributed by atoms with Gasteiger partial charge in [0.25, 0.3) is 0 Å². The lowest BCUT2D eigenvalue weighted by Crippen LogP contribution is -2.37. The third-order valence-electron chi connectivity index (χ3n) is 6.81. The van der Waals surface area contributed by atoms with Crippen molar-refractivity contribution in [1.29, 1.82) is 0 Å². The van der Waals surface area contributed by atoms with Crippen LogP contribution in [-0.2, 0) is 16.0 Å². The molecule has 4 aromatic rings. The van der Waals surface area contributed by atoms with E-state index < -0.39 is 6.09 Å². The van der Waals surface area contributed by atoms with Gasteiger partial charge >= 0.3 is 6.09 Å². The van der Waals surface area contributed by atoms with E-state index in [0.717, 1.165) is 77.3 Å². The Morgan fingerprint density at radius 1 is 1.05 bits per heavy atom. The van der Waals surface area contributed by atoms with Crippen LogP contribution in [0.3, 0.4) is 0 Å². The number of aromatic amines is 2. The van der Waals surface area contributed by atoms with Gasteiger partial charge in [0.1, 0.15) is 11.6 Å². The summed E-state index contributed by atoms with van der Waals surface area (Å²) in [5, 5.41) is 8.59. The fourth-order valence-corrected chi connectivity index (χ4v) is 4.65. The van der Waals surface area contributed by atoms with E-state index in [1.54, 1.807) is 0 Å². The average Bonchev–Trinajstić information content (AvgIpc) is 3.75. The average molecular weight is 540 g/mol. The summed E-state index contributed by atoms with van der Waals surface area (Å²) in [5.74, 6) is 8.16. The van der Waals surface area contributed by atoms with Crippen LogP contribution in [0.15, 0.2) is 48.7 Å². The summed E-state index contributed by atoms with van der Waals surface area (Å²) in [6.07, 6.45) is 6.02. The van der Waals surface area contributed by atoms with E-state index in [0.29, 0.717) is 12.6 Å². The first-order valence-electron chi connectivity index (χ1n) is 13.6. The summed E-state index contributed by atoms with van der Waals surface area (Å²) in [5.41, 5.74) is 5.81. The number of aromatic nitrogens is 4. The van der Waals surface area contributed by atoms with Gasteiger partial charge in [-0.05, 0) is 68.1 Å². The smallest absolute Gasteiger partial charge is 0.407 e. The van der Waals surface area contributed by atoms with Gasteiger partial charge in [0.15, 0.2) is 0 Å². The van der Waals surface area contributed by atoms with E-state index in [2.05, 4.69) is 64.6 Å². The molecule has 40 heavy (non-hydrogen) atoms. The van der Waals surface area contributed by atoms with Gasteiger partial charge in [-0.2, -0.15) is 0 Å². The monoisotopic (exact) mass is 539 g/mol. The van der Waals surface area contributed by atoms with Gasteiger partial charge in [0, 0.05) is 24.1 Å². The number of benzene rings is 2. The summed E-state index contributed by atoms with van der Waals surface area (Å²) < 4.78 is 4.44. The van der Waals surface area contributed by atoms with Crippen LogP contribution in [0.1, 0.15) is 54.5 Å². The topological polar surface area (TPSA) is 137 Å². The molecule has 1 fully saturated rings. The van der Waals surface area contributed by atoms with E-state index in [-0.39, 0.29) is 12.5 Å². The number of amides is 2. The molecule has 0 bridgehead atoms. The molecule has 2 amide bonds. The van der Waals surface area contributed by atoms with Crippen molar-refractivity contribution in [2.75, 3.05) is 26.7 Å². The van der Waals surface area contributed by atoms with Crippen molar-refractivity contribution in [1.82, 2.24) is 35.9 Å². The molecule has 2 aromatic heterocycles. The van der Waals surface area contributed by atoms with E-state index in [4.69, 9.17) is 0 Å². The number of nitrogens with one attached hydrogen (secondary N) is 5. The summed E-state index contributed by atoms with van der Waals surface area (Å²) in [7, 11) is 1.26. The molecule has 1 saturated heterocycles. The van der Waals surface area contributed by atoms with Gasteiger partial charge in [-0.25, -0.2) is 14.8 Å². The quantitative estimate of drug-likeness (QED) is 0.163. The summed E-state index contributed by atoms with van der Waals surface area (Å²) >= 11 is 0. The maximum absolute atomic E-state index is 11.7. The van der Waals surface area contributed by atoms with Gasteiger partial charge in [-0.15, -0.1) is 0 Å². The molecule has 10 nitrogen and oxygen atoms in total. The first kappa shape index (κ1) is 27.0. The minimum atomic E-state index is -0.625. The fourth-order valence-electron chi connectivity index (χ4n) is 4.65. The van der Waals surface area contributed by atoms with E-state index >= 15 is 0 Å². The van der Waals surface area contributed by atoms with Crippen molar-refractivity contribution in [2.24, 2.45) is 0 Å². The van der Waals surface area contributed by atoms with Crippen LogP contribution in [0.25, 0.3) is 22.3 Å². The molecule has 0 spiro atoms. The number of hydrogen-bond acceptors (Lipinski definition) is 6. The second kappa shape index (κ2) is 13.0. The molecule has 1 aliphatic heterocycles. The molecule has 3 heterocycles. The summed E-state index contributed by atoms with van der Waals surface area (Å²) in [4.78, 5) is 38.7. The molecule has 5 rings (SSSR count). The van der Waals surface area contributed by atoms with E-state index in [1.807, 2.05) is 36.5 Å². The molecule has 1 atom stereocenters. The highest BCUT2D eigenvalue weighted by molar-refractivity contribution is 5.82. The maximum Gasteiger partial charge on any atom is 0.407 e. The number of imidazole rings is 2. The Morgan fingerprint density at radius 3 is 2.67 bits per heavy atom. The Kier molecular flexibility index (Phi) is 8.73. The highest BCUT2D eigenvalue weighted by atomic mass is 16.5. The van der Waals surface area contributed by atoms with Crippen LogP contribution in [0.2, 0.25) is 0 Å². The van der Waals surface area contributed by atoms with Crippen LogP contribution in [0.5, 0.6) is 0 Å². The lowest BCUT2D eigenvalue weighted by atomic mass is 10.1. The van der Waals surface area contributed by atoms with Crippen LogP contribution in [-0.4, -0.2) is 58.7 Å². The number of unbranched alkanes of at least 4 members (excludes halogenated alkanes) is 1. The van der Waals surface area contributed by atoms with Crippen molar-refractivity contribution < 1.29 is 14.3 Å². The molecule has 0 aliphatic carbocycles. The molecule has 1 unspecified atom stereocenters. The number of methoxy groups -OCH3 is 1. The highest BCUT2D eigenvalue weighted by Crippen LogP contribution is 2.24. The number of alkyl carbamates (subject to hydrolysis) is 1. The fraction of sp³-hybridized carbons (Fsp3) is 0.333. The first-order valence-corrected chi connectivity index (χ1v) is 13.6. The Morgan fingerprint density at radius 2 is 1.88 bits per heavy atom. The largest absolute Gasteiger partial charge is 0.453 e. The van der Waals surface area contributed by atoms with Crippen molar-refractivity contribution in [3.8, 4) is 23.1 Å². The predicted molar refractivity (Wildman–Crippen MR) is 152 cm³/mol. The molecule has 0 saturated carbocycles. The Bertz CT molecular complexity index is 1520. The second-order valence-corrected chi connectivity index (χ2v) is 9.73. The lowest BCUT2D eigenvalue weighted by molar-refractivity contribution is -0.120. The van der Waals surface area contributed by atoms with Crippen LogP contribution in [0, 0.1) is 11.8 Å². The molecule has 10 heteroatoms. The molecule has 0 radical (unpaired) electrons. The van der Waals surface area contributed by atoms with Gasteiger partial charge in [-0.1, -0.05) is 24.0 Å². The predicted octanol–water partition coefficient (Wildman–Crippen LogP) is 3.57. The number of nitrogens with zero attached hydrogens (tertiary/aromatic N) is 2. The standard InChI is InChI=1S/C30H33N7O3/c1-40-30(39)34-19-28(38)32-15-3-2-6-27-35-23-14-11-21(17-25(23)36-27)8-7-20-9-12-22(13-10-20)26-18-33-29(37-26)24-5-4-16-31-24/h9-14,17-18,24,31H,2-6,15-16,19H2,1H3,(H,32,38)(H,33,37)(H,34,39)(H,35,36). The number of hydrogen-bond donors (Lipinski definition) is 5. The Labute approximate surface area is 232 Å². The minimum absolute atomic E-state index is 0.100. The van der Waals surface area contributed by atoms with E-state index in [9.17, 15) is 9.59 Å². The molecular formula is C30H33N7O3. The third kappa shape index (κ3) is 7.07. The first-order chi connectivity index (χ1) is 19.6. The lowest BCUT2D eigenvalue weighted by Gasteiger charge is -2.05. The van der Waals surface area contributed by atoms with Crippen molar-refractivity contribution in [3.63, 3.8) is 0 Å². The SMILES string of the molecule is COC(=O)NCC(=O)NCCCCc1nc2ccc(C#Cc3ccc(-c4cnc(C5CCCN5)[nH]4)cc3)cc2[nH]1. The van der Waals surface area contributed by atoms with E-state index in [1.165, 1.54) is 13.5 Å². The number of aryl methyl sites for hydroxylation is 1. The molecule has 1 aliphatic rings. The summed E-state index contributed by atoms with van der Waals surface area (Å²) in [6, 6.07) is 14.5. The van der Waals surface area contributed by atoms with Crippen molar-refractivity contribution in [2.45, 2.75) is 38.1 Å². The molecule has 206 valence electrons. The minimum Gasteiger partial charge on any atom is -0.453 e. The number of ether oxygens (including phenoxy) is 1. The van der Waals surface area contributed by atoms with Crippen molar-refractivity contribution in [3.05, 3.63) is 71.4 Å². The number of rotatable bonds is 9. The number of H-pyrrole nitrogens is 2. The van der Waals surface area contributed by atoms with Gasteiger partial charge in [-0.3, -0.25) is 4.79 Å². The normalized spacial score (nSPS) is 14.5. The van der Waals surface area contributed by atoms with Crippen molar-refractivity contribution >= 4 is 23.0 Å². The maximum atomic E-state index is 11.7. The van der Waals surface area contributed by atoms with Crippen LogP contribution >= 0.6 is 0 Å². The number of carbonyl (C=O) groups is 2. The van der Waals surface area contributed by atoms with Gasteiger partial charge < -0.3 is 30.7 Å². The van der Waals surface area contributed by atoms with Gasteiger partial charge in [0.05, 0.1) is 42.6 Å². The second-order valence-electron chi connectivity index (χ2n) is 9.73. The van der Waals surface area contributed by atoms with Crippen LogP contribution < -0.4 is 16.0 Å². The van der Waals surface area contributed by atoms with Crippen LogP contribution in [0.4, 0.5) is 4.79 Å². The highest BCUT2D eigenvalue weighted by Gasteiger charge is 2.19. The Balaban J connectivity index is 1.11. The molecular weight excluding hydrogens is 506 g/mol. The zero-order valence-corrected chi connectivity index (χ0v) is 22.5. The third-order valence-corrected chi connectivity index (χ3v) is 6.81. The summed E-state index contributed by atoms with van der Waals surface area (Å²) in [6.45, 7) is 1.48. The Hall–Kier alpha value is -4.62. The molecule has 5 N–H and O–H groups in total. The zero-order chi connectivity index (χ0) is 27.7. The number of fused-ring (bicyclic) bond motifs is 1.